The van der Waals surface area contributed by atoms with Crippen LogP contribution in [0.25, 0.3) is 0 Å². The van der Waals surface area contributed by atoms with Crippen molar-refractivity contribution < 1.29 is 18.0 Å². The highest BCUT2D eigenvalue weighted by atomic mass is 79.9. The van der Waals surface area contributed by atoms with Gasteiger partial charge in [0.1, 0.15) is 0 Å². The van der Waals surface area contributed by atoms with Crippen molar-refractivity contribution in [1.82, 2.24) is 4.90 Å². The van der Waals surface area contributed by atoms with E-state index in [4.69, 9.17) is 5.73 Å². The Kier molecular flexibility index (Phi) is 8.37. The van der Waals surface area contributed by atoms with Crippen LogP contribution in [0, 0.1) is 0 Å². The molecule has 0 aromatic heterocycles. The van der Waals surface area contributed by atoms with Gasteiger partial charge in [0.05, 0.1) is 16.8 Å². The van der Waals surface area contributed by atoms with E-state index in [0.29, 0.717) is 32.3 Å². The molecule has 3 aromatic rings. The molecule has 35 heavy (non-hydrogen) atoms. The molecule has 0 aliphatic carbocycles. The summed E-state index contributed by atoms with van der Waals surface area (Å²) in [7, 11) is 0. The Morgan fingerprint density at radius 3 is 2.17 bits per heavy atom. The van der Waals surface area contributed by atoms with Gasteiger partial charge in [0.15, 0.2) is 0 Å². The van der Waals surface area contributed by atoms with Gasteiger partial charge in [-0.05, 0) is 62.7 Å². The van der Waals surface area contributed by atoms with E-state index >= 15 is 0 Å². The molecular formula is C27H27Br2F3N2O. The molecule has 2 N–H and O–H groups in total. The minimum absolute atomic E-state index is 0.00538. The molecule has 8 heteroatoms. The molecule has 0 radical (unpaired) electrons. The van der Waals surface area contributed by atoms with Crippen molar-refractivity contribution in [2.75, 3.05) is 12.3 Å². The molecule has 0 unspecified atom stereocenters. The van der Waals surface area contributed by atoms with Crippen LogP contribution in [-0.4, -0.2) is 17.4 Å². The minimum atomic E-state index is -4.42. The fourth-order valence-electron chi connectivity index (χ4n) is 3.68. The van der Waals surface area contributed by atoms with Gasteiger partial charge in [-0.3, -0.25) is 4.79 Å². The Morgan fingerprint density at radius 2 is 1.57 bits per heavy atom. The lowest BCUT2D eigenvalue weighted by Gasteiger charge is -2.25. The first-order valence-electron chi connectivity index (χ1n) is 11.0. The van der Waals surface area contributed by atoms with Crippen LogP contribution in [0.5, 0.6) is 0 Å². The van der Waals surface area contributed by atoms with Gasteiger partial charge >= 0.3 is 6.18 Å². The van der Waals surface area contributed by atoms with Gasteiger partial charge in [-0.1, -0.05) is 79.2 Å². The molecule has 0 bridgehead atoms. The number of nitrogens with two attached hydrogens (primary N) is 1. The van der Waals surface area contributed by atoms with Gasteiger partial charge in [0.2, 0.25) is 0 Å². The maximum atomic E-state index is 13.6. The van der Waals surface area contributed by atoms with Crippen LogP contribution >= 0.6 is 31.9 Å². The average Bonchev–Trinajstić information content (AvgIpc) is 2.78. The number of rotatable bonds is 6. The van der Waals surface area contributed by atoms with Crippen molar-refractivity contribution in [3.05, 3.63) is 97.4 Å². The molecule has 0 aliphatic rings. The first kappa shape index (κ1) is 27.3. The minimum Gasteiger partial charge on any atom is -0.397 e. The number of hydrogen-bond donors (Lipinski definition) is 1. The van der Waals surface area contributed by atoms with Crippen molar-refractivity contribution in [2.45, 2.75) is 45.3 Å². The highest BCUT2D eigenvalue weighted by Crippen LogP contribution is 2.31. The molecule has 3 rings (SSSR count). The number of carbonyl (C=O) groups excluding carboxylic acids is 1. The highest BCUT2D eigenvalue weighted by Gasteiger charge is 2.30. The zero-order valence-corrected chi connectivity index (χ0v) is 22.9. The number of carbonyl (C=O) groups is 1. The number of amides is 1. The Balaban J connectivity index is 1.90. The SMILES string of the molecule is CC(C)(C)c1ccc(CN(CCc2cccc(C(F)(F)F)c2)C(=O)c2cc(Br)cc(Br)c2N)cc1. The smallest absolute Gasteiger partial charge is 0.397 e. The normalized spacial score (nSPS) is 12.0. The monoisotopic (exact) mass is 610 g/mol. The molecule has 3 nitrogen and oxygen atoms in total. The van der Waals surface area contributed by atoms with Crippen LogP contribution in [0.15, 0.2) is 69.6 Å². The Morgan fingerprint density at radius 1 is 0.914 bits per heavy atom. The van der Waals surface area contributed by atoms with E-state index in [0.717, 1.165) is 17.7 Å². The van der Waals surface area contributed by atoms with Crippen molar-refractivity contribution in [3.63, 3.8) is 0 Å². The number of nitrogens with zero attached hydrogens (tertiary/aromatic N) is 1. The standard InChI is InChI=1S/C27H27Br2F3N2O/c1-26(2,3)19-9-7-18(8-10-19)16-34(25(35)22-14-21(28)15-23(29)24(22)33)12-11-17-5-4-6-20(13-17)27(30,31)32/h4-10,13-15H,11-12,16,33H2,1-3H3. The second-order valence-corrected chi connectivity index (χ2v) is 11.2. The molecule has 0 spiro atoms. The molecule has 0 aliphatic heterocycles. The van der Waals surface area contributed by atoms with Gasteiger partial charge in [0.25, 0.3) is 5.91 Å². The van der Waals surface area contributed by atoms with E-state index in [-0.39, 0.29) is 24.3 Å². The summed E-state index contributed by atoms with van der Waals surface area (Å²) in [6.45, 7) is 6.90. The van der Waals surface area contributed by atoms with Gasteiger partial charge in [-0.15, -0.1) is 0 Å². The number of halogens is 5. The molecule has 0 saturated heterocycles. The Hall–Kier alpha value is -2.32. The van der Waals surface area contributed by atoms with E-state index in [9.17, 15) is 18.0 Å². The first-order chi connectivity index (χ1) is 16.3. The Labute approximate surface area is 220 Å². The van der Waals surface area contributed by atoms with Crippen molar-refractivity contribution in [1.29, 1.82) is 0 Å². The molecule has 0 saturated carbocycles. The van der Waals surface area contributed by atoms with Crippen LogP contribution in [-0.2, 0) is 24.6 Å². The highest BCUT2D eigenvalue weighted by molar-refractivity contribution is 9.11. The fraction of sp³-hybridized carbons (Fsp3) is 0.296. The number of hydrogen-bond acceptors (Lipinski definition) is 2. The van der Waals surface area contributed by atoms with E-state index in [2.05, 4.69) is 52.6 Å². The summed E-state index contributed by atoms with van der Waals surface area (Å²) >= 11 is 6.77. The number of benzene rings is 3. The van der Waals surface area contributed by atoms with Gasteiger partial charge in [-0.25, -0.2) is 0 Å². The fourth-order valence-corrected chi connectivity index (χ4v) is 4.91. The maximum absolute atomic E-state index is 13.6. The largest absolute Gasteiger partial charge is 0.416 e. The maximum Gasteiger partial charge on any atom is 0.416 e. The van der Waals surface area contributed by atoms with Gasteiger partial charge < -0.3 is 10.6 Å². The quantitative estimate of drug-likeness (QED) is 0.287. The number of anilines is 1. The van der Waals surface area contributed by atoms with Crippen LogP contribution in [0.3, 0.4) is 0 Å². The summed E-state index contributed by atoms with van der Waals surface area (Å²) in [5.41, 5.74) is 8.70. The van der Waals surface area contributed by atoms with E-state index in [1.165, 1.54) is 11.6 Å². The van der Waals surface area contributed by atoms with Gasteiger partial charge in [0, 0.05) is 22.0 Å². The summed E-state index contributed by atoms with van der Waals surface area (Å²) in [6.07, 6.45) is -4.15. The van der Waals surface area contributed by atoms with Crippen molar-refractivity contribution in [2.24, 2.45) is 0 Å². The third kappa shape index (κ3) is 7.10. The molecule has 0 heterocycles. The van der Waals surface area contributed by atoms with Crippen LogP contribution in [0.1, 0.15) is 53.4 Å². The third-order valence-electron chi connectivity index (χ3n) is 5.73. The summed E-state index contributed by atoms with van der Waals surface area (Å²) < 4.78 is 40.7. The van der Waals surface area contributed by atoms with E-state index in [1.54, 1.807) is 23.1 Å². The van der Waals surface area contributed by atoms with Crippen molar-refractivity contribution >= 4 is 43.5 Å². The zero-order valence-electron chi connectivity index (χ0n) is 19.7. The van der Waals surface area contributed by atoms with Crippen LogP contribution in [0.4, 0.5) is 18.9 Å². The molecule has 0 atom stereocenters. The predicted octanol–water partition coefficient (Wildman–Crippen LogP) is 8.00. The number of nitrogen functional groups attached to an aromatic ring is 1. The summed E-state index contributed by atoms with van der Waals surface area (Å²) in [4.78, 5) is 15.2. The first-order valence-corrected chi connectivity index (χ1v) is 12.6. The molecule has 186 valence electrons. The summed E-state index contributed by atoms with van der Waals surface area (Å²) in [6, 6.07) is 16.6. The topological polar surface area (TPSA) is 46.3 Å². The van der Waals surface area contributed by atoms with Crippen molar-refractivity contribution in [3.8, 4) is 0 Å². The predicted molar refractivity (Wildman–Crippen MR) is 141 cm³/mol. The van der Waals surface area contributed by atoms with Crippen LogP contribution in [0.2, 0.25) is 0 Å². The lowest BCUT2D eigenvalue weighted by molar-refractivity contribution is -0.137. The molecule has 1 amide bonds. The van der Waals surface area contributed by atoms with Crippen LogP contribution < -0.4 is 5.73 Å². The summed E-state index contributed by atoms with van der Waals surface area (Å²) in [5.74, 6) is -0.295. The van der Waals surface area contributed by atoms with E-state index < -0.39 is 11.7 Å². The number of alkyl halides is 3. The zero-order chi connectivity index (χ0) is 26.0. The molecule has 0 fully saturated rings. The lowest BCUT2D eigenvalue weighted by Crippen LogP contribution is -2.33. The van der Waals surface area contributed by atoms with E-state index in [1.807, 2.05) is 24.3 Å². The second-order valence-electron chi connectivity index (χ2n) is 9.47. The molecular weight excluding hydrogens is 585 g/mol. The second kappa shape index (κ2) is 10.7. The third-order valence-corrected chi connectivity index (χ3v) is 6.84. The lowest BCUT2D eigenvalue weighted by atomic mass is 9.87. The summed E-state index contributed by atoms with van der Waals surface area (Å²) in [5, 5.41) is 0. The molecule has 3 aromatic carbocycles. The average molecular weight is 612 g/mol. The Bertz CT molecular complexity index is 1200. The van der Waals surface area contributed by atoms with Gasteiger partial charge in [-0.2, -0.15) is 13.2 Å².